The number of ether oxygens (including phenoxy) is 1. The smallest absolute Gasteiger partial charge is 0.260 e. The number of aromatic nitrogens is 1. The SMILES string of the molecule is Cc1ccc2nc(N(CC3CCCO3)C(=O)c3ccc4c(c3)CCCC4)sc2c1. The van der Waals surface area contributed by atoms with Crippen LogP contribution in [-0.2, 0) is 17.6 Å². The monoisotopic (exact) mass is 406 g/mol. The zero-order valence-electron chi connectivity index (χ0n) is 16.8. The predicted molar refractivity (Wildman–Crippen MR) is 118 cm³/mol. The molecule has 1 aliphatic heterocycles. The van der Waals surface area contributed by atoms with Gasteiger partial charge in [-0.15, -0.1) is 0 Å². The van der Waals surface area contributed by atoms with E-state index in [1.807, 2.05) is 17.0 Å². The van der Waals surface area contributed by atoms with E-state index in [1.165, 1.54) is 29.5 Å². The third kappa shape index (κ3) is 3.81. The molecule has 4 nitrogen and oxygen atoms in total. The topological polar surface area (TPSA) is 42.4 Å². The van der Waals surface area contributed by atoms with Gasteiger partial charge in [0.1, 0.15) is 0 Å². The molecule has 0 N–H and O–H groups in total. The summed E-state index contributed by atoms with van der Waals surface area (Å²) in [4.78, 5) is 20.2. The Balaban J connectivity index is 1.51. The molecule has 1 amide bonds. The van der Waals surface area contributed by atoms with E-state index in [2.05, 4.69) is 31.2 Å². The standard InChI is InChI=1S/C24H26N2O2S/c1-16-8-11-21-22(13-16)29-24(25-21)26(15-20-7-4-12-28-20)23(27)19-10-9-17-5-2-3-6-18(17)14-19/h8-11,13-14,20H,2-7,12,15H2,1H3. The van der Waals surface area contributed by atoms with Crippen LogP contribution in [0.3, 0.4) is 0 Å². The molecule has 1 fully saturated rings. The van der Waals surface area contributed by atoms with Gasteiger partial charge in [0.15, 0.2) is 5.13 Å². The van der Waals surface area contributed by atoms with Crippen molar-refractivity contribution in [3.05, 3.63) is 58.7 Å². The number of carbonyl (C=O) groups is 1. The van der Waals surface area contributed by atoms with Crippen LogP contribution in [0.2, 0.25) is 0 Å². The first-order chi connectivity index (χ1) is 14.2. The van der Waals surface area contributed by atoms with Crippen LogP contribution in [0.5, 0.6) is 0 Å². The number of anilines is 1. The molecule has 0 saturated carbocycles. The Morgan fingerprint density at radius 3 is 2.83 bits per heavy atom. The molecule has 1 saturated heterocycles. The lowest BCUT2D eigenvalue weighted by atomic mass is 9.90. The fourth-order valence-corrected chi connectivity index (χ4v) is 5.47. The second kappa shape index (κ2) is 7.88. The van der Waals surface area contributed by atoms with Crippen molar-refractivity contribution in [3.8, 4) is 0 Å². The maximum absolute atomic E-state index is 13.6. The Bertz CT molecular complexity index is 1050. The normalized spacial score (nSPS) is 18.7. The average Bonchev–Trinajstić information content (AvgIpc) is 3.40. The number of fused-ring (bicyclic) bond motifs is 2. The van der Waals surface area contributed by atoms with E-state index in [4.69, 9.17) is 9.72 Å². The maximum Gasteiger partial charge on any atom is 0.260 e. The molecule has 5 heteroatoms. The van der Waals surface area contributed by atoms with Crippen LogP contribution in [-0.4, -0.2) is 30.1 Å². The van der Waals surface area contributed by atoms with Crippen LogP contribution in [0.15, 0.2) is 36.4 Å². The summed E-state index contributed by atoms with van der Waals surface area (Å²) in [6, 6.07) is 12.5. The third-order valence-electron chi connectivity index (χ3n) is 6.01. The van der Waals surface area contributed by atoms with Gasteiger partial charge in [0, 0.05) is 12.2 Å². The highest BCUT2D eigenvalue weighted by Gasteiger charge is 2.27. The lowest BCUT2D eigenvalue weighted by molar-refractivity contribution is 0.0917. The minimum absolute atomic E-state index is 0.0321. The summed E-state index contributed by atoms with van der Waals surface area (Å²) in [6.45, 7) is 3.43. The molecule has 1 aliphatic carbocycles. The van der Waals surface area contributed by atoms with Gasteiger partial charge in [0.05, 0.1) is 22.9 Å². The number of aryl methyl sites for hydroxylation is 3. The second-order valence-corrected chi connectivity index (χ2v) is 9.22. The van der Waals surface area contributed by atoms with Crippen LogP contribution < -0.4 is 4.90 Å². The van der Waals surface area contributed by atoms with Crippen molar-refractivity contribution < 1.29 is 9.53 Å². The van der Waals surface area contributed by atoms with Gasteiger partial charge in [0.2, 0.25) is 0 Å². The van der Waals surface area contributed by atoms with Crippen LogP contribution in [0.1, 0.15) is 52.7 Å². The Labute approximate surface area is 175 Å². The highest BCUT2D eigenvalue weighted by atomic mass is 32.1. The van der Waals surface area contributed by atoms with Crippen molar-refractivity contribution in [2.24, 2.45) is 0 Å². The number of carbonyl (C=O) groups excluding carboxylic acids is 1. The summed E-state index contributed by atoms with van der Waals surface area (Å²) < 4.78 is 6.98. The van der Waals surface area contributed by atoms with Crippen LogP contribution in [0.4, 0.5) is 5.13 Å². The van der Waals surface area contributed by atoms with Gasteiger partial charge in [0.25, 0.3) is 5.91 Å². The van der Waals surface area contributed by atoms with Crippen molar-refractivity contribution in [1.82, 2.24) is 4.98 Å². The maximum atomic E-state index is 13.6. The van der Waals surface area contributed by atoms with Crippen molar-refractivity contribution >= 4 is 32.6 Å². The lowest BCUT2D eigenvalue weighted by Crippen LogP contribution is -2.37. The zero-order valence-corrected chi connectivity index (χ0v) is 17.6. The predicted octanol–water partition coefficient (Wildman–Crippen LogP) is 5.31. The van der Waals surface area contributed by atoms with Gasteiger partial charge in [-0.25, -0.2) is 4.98 Å². The summed E-state index contributed by atoms with van der Waals surface area (Å²) in [5.41, 5.74) is 5.65. The molecule has 1 unspecified atom stereocenters. The van der Waals surface area contributed by atoms with Gasteiger partial charge in [-0.05, 0) is 86.4 Å². The fourth-order valence-electron chi connectivity index (χ4n) is 4.40. The summed E-state index contributed by atoms with van der Waals surface area (Å²) >= 11 is 1.59. The molecular formula is C24H26N2O2S. The number of nitrogens with zero attached hydrogens (tertiary/aromatic N) is 2. The fraction of sp³-hybridized carbons (Fsp3) is 0.417. The van der Waals surface area contributed by atoms with E-state index in [9.17, 15) is 4.79 Å². The van der Waals surface area contributed by atoms with Gasteiger partial charge in [-0.1, -0.05) is 23.5 Å². The van der Waals surface area contributed by atoms with E-state index in [0.29, 0.717) is 6.54 Å². The van der Waals surface area contributed by atoms with Crippen LogP contribution in [0, 0.1) is 6.92 Å². The molecule has 1 atom stereocenters. The van der Waals surface area contributed by atoms with Crippen LogP contribution >= 0.6 is 11.3 Å². The lowest BCUT2D eigenvalue weighted by Gasteiger charge is -2.24. The minimum Gasteiger partial charge on any atom is -0.376 e. The Morgan fingerprint density at radius 2 is 2.00 bits per heavy atom. The van der Waals surface area contributed by atoms with Gasteiger partial charge in [-0.3, -0.25) is 9.69 Å². The third-order valence-corrected chi connectivity index (χ3v) is 7.06. The summed E-state index contributed by atoms with van der Waals surface area (Å²) in [5, 5.41) is 0.767. The Hall–Kier alpha value is -2.24. The molecule has 2 heterocycles. The van der Waals surface area contributed by atoms with Crippen LogP contribution in [0.25, 0.3) is 10.2 Å². The molecule has 3 aromatic rings. The Morgan fingerprint density at radius 1 is 1.14 bits per heavy atom. The van der Waals surface area contributed by atoms with E-state index in [0.717, 1.165) is 53.2 Å². The van der Waals surface area contributed by atoms with Crippen molar-refractivity contribution in [2.75, 3.05) is 18.1 Å². The first-order valence-electron chi connectivity index (χ1n) is 10.6. The van der Waals surface area contributed by atoms with Gasteiger partial charge >= 0.3 is 0 Å². The number of thiazole rings is 1. The van der Waals surface area contributed by atoms with E-state index < -0.39 is 0 Å². The highest BCUT2D eigenvalue weighted by molar-refractivity contribution is 7.22. The van der Waals surface area contributed by atoms with E-state index in [1.54, 1.807) is 11.3 Å². The molecule has 29 heavy (non-hydrogen) atoms. The van der Waals surface area contributed by atoms with E-state index in [-0.39, 0.29) is 12.0 Å². The first kappa shape index (κ1) is 18.8. The largest absolute Gasteiger partial charge is 0.376 e. The number of hydrogen-bond acceptors (Lipinski definition) is 4. The number of amides is 1. The summed E-state index contributed by atoms with van der Waals surface area (Å²) in [6.07, 6.45) is 6.80. The van der Waals surface area contributed by atoms with Crippen molar-refractivity contribution in [1.29, 1.82) is 0 Å². The number of rotatable bonds is 4. The van der Waals surface area contributed by atoms with Gasteiger partial charge in [-0.2, -0.15) is 0 Å². The van der Waals surface area contributed by atoms with Crippen molar-refractivity contribution in [2.45, 2.75) is 51.6 Å². The highest BCUT2D eigenvalue weighted by Crippen LogP contribution is 2.32. The molecule has 1 aromatic heterocycles. The molecule has 0 radical (unpaired) electrons. The summed E-state index contributed by atoms with van der Waals surface area (Å²) in [5.74, 6) is 0.0321. The van der Waals surface area contributed by atoms with Gasteiger partial charge < -0.3 is 4.74 Å². The molecule has 150 valence electrons. The minimum atomic E-state index is 0.0321. The average molecular weight is 407 g/mol. The van der Waals surface area contributed by atoms with Crippen molar-refractivity contribution in [3.63, 3.8) is 0 Å². The molecular weight excluding hydrogens is 380 g/mol. The number of hydrogen-bond donors (Lipinski definition) is 0. The van der Waals surface area contributed by atoms with E-state index >= 15 is 0 Å². The number of benzene rings is 2. The zero-order chi connectivity index (χ0) is 19.8. The molecule has 5 rings (SSSR count). The second-order valence-electron chi connectivity index (χ2n) is 8.21. The Kier molecular flexibility index (Phi) is 5.10. The molecule has 2 aromatic carbocycles. The molecule has 0 bridgehead atoms. The first-order valence-corrected chi connectivity index (χ1v) is 11.4. The molecule has 2 aliphatic rings. The summed E-state index contributed by atoms with van der Waals surface area (Å²) in [7, 11) is 0. The molecule has 0 spiro atoms. The quantitative estimate of drug-likeness (QED) is 0.590.